The third kappa shape index (κ3) is 3.03. The summed E-state index contributed by atoms with van der Waals surface area (Å²) in [6.07, 6.45) is 1.73. The topological polar surface area (TPSA) is 20.2 Å². The predicted octanol–water partition coefficient (Wildman–Crippen LogP) is 1.62. The molecule has 0 heterocycles. The smallest absolute Gasteiger partial charge is 0.0565 e. The monoisotopic (exact) mass is 115 g/mol. The minimum absolute atomic E-state index is 0.176. The highest BCUT2D eigenvalue weighted by atomic mass is 16.3. The van der Waals surface area contributed by atoms with Gasteiger partial charge < -0.3 is 5.11 Å². The lowest BCUT2D eigenvalue weighted by Crippen LogP contribution is -2.13. The van der Waals surface area contributed by atoms with E-state index in [9.17, 15) is 0 Å². The maximum Gasteiger partial charge on any atom is 0.0565 e. The Morgan fingerprint density at radius 2 is 2.12 bits per heavy atom. The highest BCUT2D eigenvalue weighted by Crippen LogP contribution is 2.05. The Morgan fingerprint density at radius 3 is 2.25 bits per heavy atom. The van der Waals surface area contributed by atoms with Crippen LogP contribution in [0.25, 0.3) is 0 Å². The van der Waals surface area contributed by atoms with E-state index >= 15 is 0 Å². The Labute approximate surface area is 51.7 Å². The molecule has 0 aliphatic carbocycles. The summed E-state index contributed by atoms with van der Waals surface area (Å²) in [5.74, 6) is 0.176. The number of rotatable bonds is 3. The standard InChI is InChI=1S/C7H15O/c1-4-5-7(8)6(2)3/h6-8H,2,4-5H2,1,3H3. The first kappa shape index (κ1) is 7.96. The zero-order chi connectivity index (χ0) is 6.57. The first-order valence-electron chi connectivity index (χ1n) is 3.19. The predicted molar refractivity (Wildman–Crippen MR) is 35.4 cm³/mol. The molecule has 0 aromatic rings. The molecule has 0 fully saturated rings. The van der Waals surface area contributed by atoms with Crippen molar-refractivity contribution in [3.05, 3.63) is 6.92 Å². The summed E-state index contributed by atoms with van der Waals surface area (Å²) in [6, 6.07) is 0. The molecule has 49 valence electrons. The van der Waals surface area contributed by atoms with Crippen LogP contribution in [0.15, 0.2) is 0 Å². The number of hydrogen-bond donors (Lipinski definition) is 1. The van der Waals surface area contributed by atoms with E-state index in [0.29, 0.717) is 0 Å². The van der Waals surface area contributed by atoms with Gasteiger partial charge in [-0.05, 0) is 19.3 Å². The molecule has 0 aromatic heterocycles. The molecular weight excluding hydrogens is 100 g/mol. The van der Waals surface area contributed by atoms with Crippen LogP contribution in [0.3, 0.4) is 0 Å². The summed E-state index contributed by atoms with van der Waals surface area (Å²) in [5, 5.41) is 9.06. The number of aliphatic hydroxyl groups is 1. The van der Waals surface area contributed by atoms with Crippen molar-refractivity contribution in [1.82, 2.24) is 0 Å². The van der Waals surface area contributed by atoms with Gasteiger partial charge >= 0.3 is 0 Å². The molecule has 0 spiro atoms. The Morgan fingerprint density at radius 1 is 1.62 bits per heavy atom. The molecule has 8 heavy (non-hydrogen) atoms. The molecule has 1 radical (unpaired) electrons. The Bertz CT molecular complexity index is 50.3. The molecule has 1 N–H and O–H groups in total. The first-order valence-corrected chi connectivity index (χ1v) is 3.19. The molecule has 0 amide bonds. The highest BCUT2D eigenvalue weighted by molar-refractivity contribution is 4.64. The molecule has 0 saturated heterocycles. The van der Waals surface area contributed by atoms with Gasteiger partial charge in [-0.1, -0.05) is 20.3 Å². The van der Waals surface area contributed by atoms with Crippen molar-refractivity contribution in [3.63, 3.8) is 0 Å². The maximum absolute atomic E-state index is 9.06. The van der Waals surface area contributed by atoms with Gasteiger partial charge in [-0.25, -0.2) is 0 Å². The second kappa shape index (κ2) is 3.90. The van der Waals surface area contributed by atoms with Gasteiger partial charge in [0.2, 0.25) is 0 Å². The fraction of sp³-hybridized carbons (Fsp3) is 0.857. The molecule has 0 rings (SSSR count). The zero-order valence-corrected chi connectivity index (χ0v) is 5.72. The van der Waals surface area contributed by atoms with Crippen LogP contribution in [-0.2, 0) is 0 Å². The van der Waals surface area contributed by atoms with Crippen molar-refractivity contribution in [2.45, 2.75) is 32.8 Å². The number of aliphatic hydroxyl groups excluding tert-OH is 1. The largest absolute Gasteiger partial charge is 0.393 e. The summed E-state index contributed by atoms with van der Waals surface area (Å²) >= 11 is 0. The summed E-state index contributed by atoms with van der Waals surface area (Å²) in [7, 11) is 0. The van der Waals surface area contributed by atoms with Crippen molar-refractivity contribution in [2.24, 2.45) is 5.92 Å². The summed E-state index contributed by atoms with van der Waals surface area (Å²) < 4.78 is 0. The molecule has 0 saturated carbocycles. The van der Waals surface area contributed by atoms with Crippen molar-refractivity contribution in [3.8, 4) is 0 Å². The second-order valence-corrected chi connectivity index (χ2v) is 2.33. The summed E-state index contributed by atoms with van der Waals surface area (Å²) in [5.41, 5.74) is 0. The summed E-state index contributed by atoms with van der Waals surface area (Å²) in [4.78, 5) is 0. The third-order valence-corrected chi connectivity index (χ3v) is 1.24. The van der Waals surface area contributed by atoms with Crippen LogP contribution in [0.1, 0.15) is 26.7 Å². The fourth-order valence-corrected chi connectivity index (χ4v) is 0.580. The lowest BCUT2D eigenvalue weighted by molar-refractivity contribution is 0.126. The van der Waals surface area contributed by atoms with Gasteiger partial charge in [0.1, 0.15) is 0 Å². The SMILES string of the molecule is [CH2]C(C)C(O)CCC. The van der Waals surface area contributed by atoms with Crippen LogP contribution >= 0.6 is 0 Å². The second-order valence-electron chi connectivity index (χ2n) is 2.33. The molecule has 1 nitrogen and oxygen atoms in total. The van der Waals surface area contributed by atoms with Crippen molar-refractivity contribution < 1.29 is 5.11 Å². The summed E-state index contributed by atoms with van der Waals surface area (Å²) in [6.45, 7) is 7.70. The van der Waals surface area contributed by atoms with E-state index in [1.807, 2.05) is 6.92 Å². The van der Waals surface area contributed by atoms with E-state index in [-0.39, 0.29) is 12.0 Å². The van der Waals surface area contributed by atoms with E-state index < -0.39 is 0 Å². The average molecular weight is 115 g/mol. The maximum atomic E-state index is 9.06. The van der Waals surface area contributed by atoms with Crippen LogP contribution in [0, 0.1) is 12.8 Å². The fourth-order valence-electron chi connectivity index (χ4n) is 0.580. The van der Waals surface area contributed by atoms with Crippen molar-refractivity contribution in [2.75, 3.05) is 0 Å². The van der Waals surface area contributed by atoms with Gasteiger partial charge in [0.05, 0.1) is 6.10 Å². The quantitative estimate of drug-likeness (QED) is 0.592. The van der Waals surface area contributed by atoms with Crippen LogP contribution in [0.2, 0.25) is 0 Å². The third-order valence-electron chi connectivity index (χ3n) is 1.24. The molecule has 0 aliphatic heterocycles. The van der Waals surface area contributed by atoms with Crippen LogP contribution in [0.4, 0.5) is 0 Å². The lowest BCUT2D eigenvalue weighted by Gasteiger charge is -2.11. The molecule has 2 unspecified atom stereocenters. The van der Waals surface area contributed by atoms with E-state index in [1.165, 1.54) is 0 Å². The van der Waals surface area contributed by atoms with Gasteiger partial charge in [-0.15, -0.1) is 0 Å². The molecule has 0 bridgehead atoms. The molecule has 0 aliphatic rings. The van der Waals surface area contributed by atoms with E-state index in [0.717, 1.165) is 12.8 Å². The van der Waals surface area contributed by atoms with Gasteiger partial charge in [0, 0.05) is 0 Å². The van der Waals surface area contributed by atoms with E-state index in [2.05, 4.69) is 13.8 Å². The van der Waals surface area contributed by atoms with E-state index in [1.54, 1.807) is 0 Å². The van der Waals surface area contributed by atoms with Crippen LogP contribution in [-0.4, -0.2) is 11.2 Å². The highest BCUT2D eigenvalue weighted by Gasteiger charge is 2.05. The molecule has 2 atom stereocenters. The Balaban J connectivity index is 3.17. The van der Waals surface area contributed by atoms with Crippen molar-refractivity contribution >= 4 is 0 Å². The lowest BCUT2D eigenvalue weighted by atomic mass is 10.0. The number of hydrogen-bond acceptors (Lipinski definition) is 1. The van der Waals surface area contributed by atoms with Gasteiger partial charge in [-0.3, -0.25) is 0 Å². The van der Waals surface area contributed by atoms with Gasteiger partial charge in [0.25, 0.3) is 0 Å². The zero-order valence-electron chi connectivity index (χ0n) is 5.72. The van der Waals surface area contributed by atoms with Crippen LogP contribution in [0.5, 0.6) is 0 Å². The molecule has 1 heteroatoms. The van der Waals surface area contributed by atoms with Gasteiger partial charge in [0.15, 0.2) is 0 Å². The Hall–Kier alpha value is -0.0400. The van der Waals surface area contributed by atoms with Crippen molar-refractivity contribution in [1.29, 1.82) is 0 Å². The molecular formula is C7H15O. The first-order chi connectivity index (χ1) is 3.68. The average Bonchev–Trinajstić information content (AvgIpc) is 1.67. The van der Waals surface area contributed by atoms with Gasteiger partial charge in [-0.2, -0.15) is 0 Å². The van der Waals surface area contributed by atoms with E-state index in [4.69, 9.17) is 5.11 Å². The molecule has 0 aromatic carbocycles. The van der Waals surface area contributed by atoms with Crippen LogP contribution < -0.4 is 0 Å². The normalized spacial score (nSPS) is 14.6. The minimum Gasteiger partial charge on any atom is -0.393 e. The minimum atomic E-state index is -0.194. The Kier molecular flexibility index (Phi) is 3.88.